The highest BCUT2D eigenvalue weighted by Crippen LogP contribution is 2.16. The molecule has 0 fully saturated rings. The summed E-state index contributed by atoms with van der Waals surface area (Å²) < 4.78 is 1.42. The Labute approximate surface area is 154 Å². The summed E-state index contributed by atoms with van der Waals surface area (Å²) in [7, 11) is 0. The SMILES string of the molecule is BrBr.CCCC[N+](CCCC)(CCCC)CCCC.[Br-]. The first-order valence-electron chi connectivity index (χ1n) is 8.24. The van der Waals surface area contributed by atoms with Crippen LogP contribution in [0.15, 0.2) is 0 Å². The molecule has 126 valence electrons. The number of hydrogen-bond donors (Lipinski definition) is 0. The van der Waals surface area contributed by atoms with Gasteiger partial charge >= 0.3 is 0 Å². The summed E-state index contributed by atoms with van der Waals surface area (Å²) in [6, 6.07) is 0. The summed E-state index contributed by atoms with van der Waals surface area (Å²) in [4.78, 5) is 0. The van der Waals surface area contributed by atoms with Gasteiger partial charge in [0.15, 0.2) is 0 Å². The maximum atomic E-state index is 2.75. The van der Waals surface area contributed by atoms with Gasteiger partial charge in [0.25, 0.3) is 0 Å². The van der Waals surface area contributed by atoms with Crippen LogP contribution in [0.2, 0.25) is 0 Å². The lowest BCUT2D eigenvalue weighted by Gasteiger charge is -2.39. The molecule has 0 heterocycles. The van der Waals surface area contributed by atoms with Crippen molar-refractivity contribution in [3.05, 3.63) is 0 Å². The minimum Gasteiger partial charge on any atom is -1.00 e. The van der Waals surface area contributed by atoms with Gasteiger partial charge < -0.3 is 21.5 Å². The van der Waals surface area contributed by atoms with Gasteiger partial charge in [-0.3, -0.25) is 0 Å². The van der Waals surface area contributed by atoms with Crippen LogP contribution >= 0.6 is 28.3 Å². The standard InChI is InChI=1S/C16H36N.Br2.BrH/c1-5-9-13-17(14-10-6-2,15-11-7-3)16-12-8-4;1-2;/h5-16H2,1-4H3;;1H/q+1;;/p-1. The minimum atomic E-state index is 0. The molecule has 0 rings (SSSR count). The van der Waals surface area contributed by atoms with Crippen LogP contribution in [0.25, 0.3) is 0 Å². The fourth-order valence-corrected chi connectivity index (χ4v) is 2.64. The lowest BCUT2D eigenvalue weighted by atomic mass is 10.1. The third-order valence-corrected chi connectivity index (χ3v) is 3.94. The third-order valence-electron chi connectivity index (χ3n) is 3.94. The van der Waals surface area contributed by atoms with Crippen molar-refractivity contribution in [2.24, 2.45) is 0 Å². The summed E-state index contributed by atoms with van der Waals surface area (Å²) in [6.45, 7) is 15.0. The Morgan fingerprint density at radius 2 is 0.750 bits per heavy atom. The average molecular weight is 482 g/mol. The molecule has 0 unspecified atom stereocenters. The molecule has 0 amide bonds. The Hall–Kier alpha value is 1.40. The molecule has 4 heteroatoms. The van der Waals surface area contributed by atoms with Gasteiger partial charge in [-0.25, -0.2) is 0 Å². The number of nitrogens with zero attached hydrogens (tertiary/aromatic N) is 1. The van der Waals surface area contributed by atoms with E-state index in [0.29, 0.717) is 0 Å². The van der Waals surface area contributed by atoms with Gasteiger partial charge in [-0.15, -0.1) is 0 Å². The molecule has 0 aliphatic heterocycles. The lowest BCUT2D eigenvalue weighted by Crippen LogP contribution is -3.00. The second-order valence-corrected chi connectivity index (χ2v) is 5.65. The molecule has 0 atom stereocenters. The zero-order valence-corrected chi connectivity index (χ0v) is 18.8. The number of unbranched alkanes of at least 4 members (excludes halogenated alkanes) is 4. The van der Waals surface area contributed by atoms with Gasteiger partial charge in [-0.05, 0) is 25.7 Å². The molecule has 0 saturated carbocycles. The van der Waals surface area contributed by atoms with Crippen LogP contribution in [0.4, 0.5) is 0 Å². The lowest BCUT2D eigenvalue weighted by molar-refractivity contribution is -0.929. The quantitative estimate of drug-likeness (QED) is 0.373. The topological polar surface area (TPSA) is 0 Å². The van der Waals surface area contributed by atoms with E-state index >= 15 is 0 Å². The average Bonchev–Trinajstić information content (AvgIpc) is 2.48. The zero-order valence-electron chi connectivity index (χ0n) is 14.1. The number of rotatable bonds is 12. The van der Waals surface area contributed by atoms with Crippen molar-refractivity contribution in [1.82, 2.24) is 0 Å². The van der Waals surface area contributed by atoms with Crippen LogP contribution in [-0.2, 0) is 0 Å². The Bertz CT molecular complexity index is 128. The van der Waals surface area contributed by atoms with E-state index in [1.165, 1.54) is 82.0 Å². The van der Waals surface area contributed by atoms with E-state index < -0.39 is 0 Å². The molecule has 0 radical (unpaired) electrons. The van der Waals surface area contributed by atoms with Crippen LogP contribution in [0.1, 0.15) is 79.1 Å². The van der Waals surface area contributed by atoms with Crippen LogP contribution < -0.4 is 17.0 Å². The van der Waals surface area contributed by atoms with Gasteiger partial charge in [-0.2, -0.15) is 0 Å². The van der Waals surface area contributed by atoms with E-state index in [-0.39, 0.29) is 17.0 Å². The normalized spacial score (nSPS) is 10.5. The van der Waals surface area contributed by atoms with E-state index in [1.54, 1.807) is 0 Å². The van der Waals surface area contributed by atoms with Gasteiger partial charge in [0.05, 0.1) is 26.2 Å². The van der Waals surface area contributed by atoms with Crippen molar-refractivity contribution in [3.8, 4) is 0 Å². The molecule has 20 heavy (non-hydrogen) atoms. The van der Waals surface area contributed by atoms with Gasteiger partial charge in [-0.1, -0.05) is 53.4 Å². The van der Waals surface area contributed by atoms with Gasteiger partial charge in [0, 0.05) is 28.3 Å². The maximum Gasteiger partial charge on any atom is 0.0786 e. The van der Waals surface area contributed by atoms with Crippen LogP contribution in [0.5, 0.6) is 0 Å². The fraction of sp³-hybridized carbons (Fsp3) is 1.00. The minimum absolute atomic E-state index is 0. The number of halogens is 3. The van der Waals surface area contributed by atoms with Crippen molar-refractivity contribution < 1.29 is 21.5 Å². The first-order chi connectivity index (χ1) is 9.24. The summed E-state index contributed by atoms with van der Waals surface area (Å²) in [5.41, 5.74) is 0. The van der Waals surface area contributed by atoms with E-state index in [2.05, 4.69) is 56.0 Å². The molecule has 0 N–H and O–H groups in total. The molecule has 0 aromatic heterocycles. The van der Waals surface area contributed by atoms with Crippen LogP contribution in [0, 0.1) is 0 Å². The van der Waals surface area contributed by atoms with E-state index in [9.17, 15) is 0 Å². The molecule has 0 aromatic carbocycles. The highest BCUT2D eigenvalue weighted by atomic mass is 80.9. The second kappa shape index (κ2) is 20.4. The maximum absolute atomic E-state index is 2.75. The van der Waals surface area contributed by atoms with Gasteiger partial charge in [0.2, 0.25) is 0 Å². The highest BCUT2D eigenvalue weighted by molar-refractivity contribution is 9.93. The predicted molar refractivity (Wildman–Crippen MR) is 97.2 cm³/mol. The molecular weight excluding hydrogens is 446 g/mol. The van der Waals surface area contributed by atoms with E-state index in [1.807, 2.05) is 0 Å². The summed E-state index contributed by atoms with van der Waals surface area (Å²) in [6.07, 6.45) is 11.1. The third kappa shape index (κ3) is 14.3. The first-order valence-corrected chi connectivity index (χ1v) is 12.0. The smallest absolute Gasteiger partial charge is 0.0786 e. The van der Waals surface area contributed by atoms with E-state index in [4.69, 9.17) is 0 Å². The Morgan fingerprint density at radius 3 is 0.900 bits per heavy atom. The van der Waals surface area contributed by atoms with Crippen molar-refractivity contribution in [2.45, 2.75) is 79.1 Å². The highest BCUT2D eigenvalue weighted by Gasteiger charge is 2.24. The summed E-state index contributed by atoms with van der Waals surface area (Å²) in [5.74, 6) is 0. The van der Waals surface area contributed by atoms with Crippen molar-refractivity contribution in [1.29, 1.82) is 0 Å². The number of hydrogen-bond acceptors (Lipinski definition) is 0. The summed E-state index contributed by atoms with van der Waals surface area (Å²) in [5, 5.41) is 0. The molecular formula is C16H36Br3N. The molecule has 0 aliphatic rings. The largest absolute Gasteiger partial charge is 1.00 e. The first kappa shape index (κ1) is 26.3. The zero-order chi connectivity index (χ0) is 15.0. The molecule has 0 spiro atoms. The molecule has 0 aliphatic carbocycles. The Morgan fingerprint density at radius 1 is 0.550 bits per heavy atom. The molecule has 0 bridgehead atoms. The van der Waals surface area contributed by atoms with E-state index in [0.717, 1.165) is 0 Å². The monoisotopic (exact) mass is 479 g/mol. The van der Waals surface area contributed by atoms with Crippen molar-refractivity contribution in [2.75, 3.05) is 26.2 Å². The number of quaternary nitrogens is 1. The van der Waals surface area contributed by atoms with Crippen LogP contribution in [0.3, 0.4) is 0 Å². The van der Waals surface area contributed by atoms with Gasteiger partial charge in [0.1, 0.15) is 0 Å². The second-order valence-electron chi connectivity index (χ2n) is 5.65. The predicted octanol–water partition coefficient (Wildman–Crippen LogP) is 3.70. The summed E-state index contributed by atoms with van der Waals surface area (Å²) >= 11 is 5.50. The molecule has 0 aromatic rings. The Balaban J connectivity index is -0.000000916. The van der Waals surface area contributed by atoms with Crippen molar-refractivity contribution in [3.63, 3.8) is 0 Å². The fourth-order valence-electron chi connectivity index (χ4n) is 2.64. The molecule has 1 nitrogen and oxygen atoms in total. The Kier molecular flexibility index (Phi) is 26.8. The van der Waals surface area contributed by atoms with Crippen molar-refractivity contribution >= 4 is 28.3 Å². The van der Waals surface area contributed by atoms with Crippen LogP contribution in [-0.4, -0.2) is 30.7 Å². The molecule has 0 saturated heterocycles.